The van der Waals surface area contributed by atoms with Gasteiger partial charge in [0.15, 0.2) is 0 Å². The molecule has 1 aromatic rings. The number of carbonyl (C=O) groups is 1. The number of amides is 1. The summed E-state index contributed by atoms with van der Waals surface area (Å²) in [6, 6.07) is 6.17. The van der Waals surface area contributed by atoms with Gasteiger partial charge in [0, 0.05) is 31.5 Å². The van der Waals surface area contributed by atoms with Crippen LogP contribution in [0.5, 0.6) is 0 Å². The summed E-state index contributed by atoms with van der Waals surface area (Å²) in [5.41, 5.74) is 8.83. The SMILES string of the molecule is CCOCCOCCN1CCC(c2ccc(C(N)=NC=O)c(NC)c2)CC1. The van der Waals surface area contributed by atoms with Crippen LogP contribution in [-0.2, 0) is 14.3 Å². The molecule has 1 amide bonds. The molecule has 2 rings (SSSR count). The van der Waals surface area contributed by atoms with Gasteiger partial charge in [0.2, 0.25) is 6.41 Å². The Labute approximate surface area is 161 Å². The molecule has 1 aromatic carbocycles. The number of nitrogens with two attached hydrogens (primary N) is 1. The summed E-state index contributed by atoms with van der Waals surface area (Å²) in [5, 5.41) is 3.16. The van der Waals surface area contributed by atoms with E-state index in [1.807, 2.05) is 20.0 Å². The van der Waals surface area contributed by atoms with Gasteiger partial charge in [0.05, 0.1) is 19.8 Å². The minimum absolute atomic E-state index is 0.236. The zero-order valence-electron chi connectivity index (χ0n) is 16.4. The van der Waals surface area contributed by atoms with E-state index < -0.39 is 0 Å². The summed E-state index contributed by atoms with van der Waals surface area (Å²) in [6.45, 7) is 7.94. The van der Waals surface area contributed by atoms with E-state index in [-0.39, 0.29) is 5.84 Å². The van der Waals surface area contributed by atoms with Gasteiger partial charge in [-0.1, -0.05) is 6.07 Å². The van der Waals surface area contributed by atoms with Gasteiger partial charge in [0.1, 0.15) is 5.84 Å². The highest BCUT2D eigenvalue weighted by Gasteiger charge is 2.21. The number of anilines is 1. The van der Waals surface area contributed by atoms with Gasteiger partial charge in [-0.15, -0.1) is 0 Å². The molecule has 7 heteroatoms. The van der Waals surface area contributed by atoms with Gasteiger partial charge in [-0.05, 0) is 56.5 Å². The van der Waals surface area contributed by atoms with Crippen molar-refractivity contribution in [2.75, 3.05) is 58.4 Å². The van der Waals surface area contributed by atoms with Crippen molar-refractivity contribution < 1.29 is 14.3 Å². The quantitative estimate of drug-likeness (QED) is 0.265. The van der Waals surface area contributed by atoms with E-state index >= 15 is 0 Å². The first-order valence-corrected chi connectivity index (χ1v) is 9.66. The van der Waals surface area contributed by atoms with Crippen molar-refractivity contribution in [3.63, 3.8) is 0 Å². The van der Waals surface area contributed by atoms with Crippen LogP contribution in [0, 0.1) is 0 Å². The lowest BCUT2D eigenvalue weighted by Gasteiger charge is -2.32. The molecule has 0 aliphatic carbocycles. The van der Waals surface area contributed by atoms with Gasteiger partial charge in [-0.3, -0.25) is 4.79 Å². The average Bonchev–Trinajstić information content (AvgIpc) is 2.70. The van der Waals surface area contributed by atoms with E-state index in [4.69, 9.17) is 15.2 Å². The molecule has 1 heterocycles. The standard InChI is InChI=1S/C20H32N4O3/c1-3-26-12-13-27-11-10-24-8-6-16(7-9-24)17-4-5-18(19(14-17)22-2)20(21)23-15-25/h4-5,14-16,22H,3,6-13H2,1-2H3,(H2,21,23,25). The number of ether oxygens (including phenoxy) is 2. The fraction of sp³-hybridized carbons (Fsp3) is 0.600. The number of rotatable bonds is 11. The maximum absolute atomic E-state index is 10.6. The number of hydrogen-bond donors (Lipinski definition) is 2. The molecule has 7 nitrogen and oxygen atoms in total. The minimum atomic E-state index is 0.236. The van der Waals surface area contributed by atoms with Crippen LogP contribution in [0.2, 0.25) is 0 Å². The van der Waals surface area contributed by atoms with Crippen molar-refractivity contribution in [2.45, 2.75) is 25.7 Å². The number of nitrogens with zero attached hydrogens (tertiary/aromatic N) is 2. The monoisotopic (exact) mass is 376 g/mol. The Morgan fingerprint density at radius 3 is 2.70 bits per heavy atom. The molecular weight excluding hydrogens is 344 g/mol. The van der Waals surface area contributed by atoms with Crippen molar-refractivity contribution in [1.82, 2.24) is 4.90 Å². The highest BCUT2D eigenvalue weighted by molar-refractivity contribution is 6.05. The van der Waals surface area contributed by atoms with E-state index in [1.54, 1.807) is 0 Å². The summed E-state index contributed by atoms with van der Waals surface area (Å²) in [5.74, 6) is 0.769. The van der Waals surface area contributed by atoms with E-state index in [0.29, 0.717) is 25.5 Å². The summed E-state index contributed by atoms with van der Waals surface area (Å²) in [7, 11) is 1.85. The maximum atomic E-state index is 10.6. The van der Waals surface area contributed by atoms with Gasteiger partial charge >= 0.3 is 0 Å². The van der Waals surface area contributed by atoms with Gasteiger partial charge in [0.25, 0.3) is 0 Å². The number of amidine groups is 1. The topological polar surface area (TPSA) is 89.2 Å². The lowest BCUT2D eigenvalue weighted by molar-refractivity contribution is -0.106. The predicted molar refractivity (Wildman–Crippen MR) is 109 cm³/mol. The van der Waals surface area contributed by atoms with Gasteiger partial charge in [-0.2, -0.15) is 4.99 Å². The summed E-state index contributed by atoms with van der Waals surface area (Å²) in [6.07, 6.45) is 2.72. The van der Waals surface area contributed by atoms with Crippen molar-refractivity contribution >= 4 is 17.9 Å². The number of hydrogen-bond acceptors (Lipinski definition) is 5. The molecule has 0 saturated carbocycles. The fourth-order valence-corrected chi connectivity index (χ4v) is 3.42. The highest BCUT2D eigenvalue weighted by Crippen LogP contribution is 2.30. The molecule has 0 atom stereocenters. The first-order chi connectivity index (χ1) is 13.2. The Hall–Kier alpha value is -1.96. The molecule has 0 unspecified atom stereocenters. The summed E-state index contributed by atoms with van der Waals surface area (Å²) < 4.78 is 10.9. The molecule has 1 fully saturated rings. The van der Waals surface area contributed by atoms with Crippen LogP contribution in [0.1, 0.15) is 36.8 Å². The van der Waals surface area contributed by atoms with Crippen LogP contribution >= 0.6 is 0 Å². The Kier molecular flexibility index (Phi) is 9.24. The van der Waals surface area contributed by atoms with Crippen LogP contribution < -0.4 is 11.1 Å². The zero-order valence-corrected chi connectivity index (χ0v) is 16.4. The molecular formula is C20H32N4O3. The molecule has 0 spiro atoms. The minimum Gasteiger partial charge on any atom is -0.388 e. The van der Waals surface area contributed by atoms with Crippen LogP contribution in [0.3, 0.4) is 0 Å². The summed E-state index contributed by atoms with van der Waals surface area (Å²) in [4.78, 5) is 16.7. The number of piperidine rings is 1. The largest absolute Gasteiger partial charge is 0.388 e. The van der Waals surface area contributed by atoms with Crippen LogP contribution in [0.15, 0.2) is 23.2 Å². The lowest BCUT2D eigenvalue weighted by atomic mass is 9.88. The third-order valence-electron chi connectivity index (χ3n) is 4.97. The van der Waals surface area contributed by atoms with Gasteiger partial charge < -0.3 is 25.4 Å². The number of aliphatic imine (C=N–C) groups is 1. The van der Waals surface area contributed by atoms with Crippen LogP contribution in [0.25, 0.3) is 0 Å². The van der Waals surface area contributed by atoms with E-state index in [2.05, 4.69) is 27.3 Å². The highest BCUT2D eigenvalue weighted by atomic mass is 16.5. The molecule has 150 valence electrons. The van der Waals surface area contributed by atoms with Crippen LogP contribution in [0.4, 0.5) is 5.69 Å². The predicted octanol–water partition coefficient (Wildman–Crippen LogP) is 1.82. The van der Waals surface area contributed by atoms with Crippen molar-refractivity contribution in [1.29, 1.82) is 0 Å². The molecule has 0 radical (unpaired) electrons. The van der Waals surface area contributed by atoms with Gasteiger partial charge in [-0.25, -0.2) is 0 Å². The fourth-order valence-electron chi connectivity index (χ4n) is 3.42. The molecule has 3 N–H and O–H groups in total. The maximum Gasteiger partial charge on any atom is 0.234 e. The number of likely N-dealkylation sites (tertiary alicyclic amines) is 1. The summed E-state index contributed by atoms with van der Waals surface area (Å²) >= 11 is 0. The molecule has 1 aliphatic rings. The molecule has 0 aromatic heterocycles. The second-order valence-corrected chi connectivity index (χ2v) is 6.60. The van der Waals surface area contributed by atoms with E-state index in [9.17, 15) is 4.79 Å². The molecule has 0 bridgehead atoms. The Bertz CT molecular complexity index is 613. The lowest BCUT2D eigenvalue weighted by Crippen LogP contribution is -2.35. The number of benzene rings is 1. The number of carbonyl (C=O) groups excluding carboxylic acids is 1. The second kappa shape index (κ2) is 11.7. The van der Waals surface area contributed by atoms with Crippen molar-refractivity contribution in [2.24, 2.45) is 10.7 Å². The van der Waals surface area contributed by atoms with E-state index in [1.165, 1.54) is 5.56 Å². The average molecular weight is 377 g/mol. The van der Waals surface area contributed by atoms with Crippen LogP contribution in [-0.4, -0.2) is 70.3 Å². The molecule has 1 saturated heterocycles. The van der Waals surface area contributed by atoms with Crippen molar-refractivity contribution in [3.05, 3.63) is 29.3 Å². The first kappa shape index (κ1) is 21.3. The third-order valence-corrected chi connectivity index (χ3v) is 4.97. The molecule has 27 heavy (non-hydrogen) atoms. The smallest absolute Gasteiger partial charge is 0.234 e. The first-order valence-electron chi connectivity index (χ1n) is 9.66. The second-order valence-electron chi connectivity index (χ2n) is 6.60. The Morgan fingerprint density at radius 2 is 2.04 bits per heavy atom. The third kappa shape index (κ3) is 6.61. The Morgan fingerprint density at radius 1 is 1.30 bits per heavy atom. The normalized spacial score (nSPS) is 16.4. The zero-order chi connectivity index (χ0) is 19.5. The Balaban J connectivity index is 1.83. The number of nitrogens with one attached hydrogen (secondary N) is 1. The van der Waals surface area contributed by atoms with Crippen molar-refractivity contribution in [3.8, 4) is 0 Å². The molecule has 1 aliphatic heterocycles. The van der Waals surface area contributed by atoms with E-state index in [0.717, 1.165) is 56.9 Å².